The summed E-state index contributed by atoms with van der Waals surface area (Å²) in [6.07, 6.45) is 0. The van der Waals surface area contributed by atoms with Crippen molar-refractivity contribution in [3.63, 3.8) is 0 Å². The molecule has 0 bridgehead atoms. The van der Waals surface area contributed by atoms with E-state index >= 15 is 0 Å². The number of methoxy groups -OCH3 is 1. The maximum Gasteiger partial charge on any atom is 0.337 e. The summed E-state index contributed by atoms with van der Waals surface area (Å²) in [6, 6.07) is 36.5. The van der Waals surface area contributed by atoms with E-state index in [9.17, 15) is 4.79 Å². The summed E-state index contributed by atoms with van der Waals surface area (Å²) in [5, 5.41) is 5.91. The molecule has 4 nitrogen and oxygen atoms in total. The smallest absolute Gasteiger partial charge is 0.337 e. The minimum absolute atomic E-state index is 0.384. The Labute approximate surface area is 200 Å². The first kappa shape index (κ1) is 21.2. The van der Waals surface area contributed by atoms with E-state index in [4.69, 9.17) is 9.84 Å². The summed E-state index contributed by atoms with van der Waals surface area (Å²) in [7, 11) is 1.39. The van der Waals surface area contributed by atoms with Crippen LogP contribution in [0.2, 0.25) is 0 Å². The van der Waals surface area contributed by atoms with Crippen LogP contribution in [0, 0.1) is 0 Å². The maximum absolute atomic E-state index is 12.4. The Bertz CT molecular complexity index is 1320. The van der Waals surface area contributed by atoms with Crippen LogP contribution in [0.15, 0.2) is 114 Å². The second-order valence-corrected chi connectivity index (χ2v) is 8.49. The van der Waals surface area contributed by atoms with Gasteiger partial charge in [-0.25, -0.2) is 9.48 Å². The van der Waals surface area contributed by atoms with Gasteiger partial charge in [-0.2, -0.15) is 5.10 Å². The number of fused-ring (bicyclic) bond motifs is 1. The van der Waals surface area contributed by atoms with E-state index in [0.29, 0.717) is 10.2 Å². The largest absolute Gasteiger partial charge is 0.465 e. The highest BCUT2D eigenvalue weighted by Crippen LogP contribution is 2.43. The molecule has 0 aliphatic rings. The molecule has 0 saturated heterocycles. The first-order valence-corrected chi connectivity index (χ1v) is 11.4. The topological polar surface area (TPSA) is 44.1 Å². The molecule has 162 valence electrons. The predicted molar refractivity (Wildman–Crippen MR) is 133 cm³/mol. The fraction of sp³-hybridized carbons (Fsp3) is 0.0714. The molecule has 0 aliphatic carbocycles. The summed E-state index contributed by atoms with van der Waals surface area (Å²) in [4.78, 5) is 12.4. The van der Waals surface area contributed by atoms with Crippen LogP contribution in [-0.4, -0.2) is 22.9 Å². The third-order valence-electron chi connectivity index (χ3n) is 5.95. The molecular formula is C28H21BrN2O2. The fourth-order valence-corrected chi connectivity index (χ4v) is 4.98. The molecule has 0 aliphatic heterocycles. The van der Waals surface area contributed by atoms with Gasteiger partial charge in [0.2, 0.25) is 0 Å². The summed E-state index contributed by atoms with van der Waals surface area (Å²) in [6.45, 7) is 0. The SMILES string of the molecule is COC(=O)c1ccc2c(Br)nn(C(c3ccccc3)(c3ccccc3)c3ccccc3)c2c1. The van der Waals surface area contributed by atoms with Crippen LogP contribution in [0.5, 0.6) is 0 Å². The van der Waals surface area contributed by atoms with E-state index in [0.717, 1.165) is 27.6 Å². The standard InChI is InChI=1S/C28H21BrN2O2/c1-33-27(32)20-17-18-24-25(19-20)31(30-26(24)29)28(21-11-5-2-6-12-21,22-13-7-3-8-14-22)23-15-9-4-10-16-23/h2-19H,1H3. The molecule has 0 saturated carbocycles. The van der Waals surface area contributed by atoms with Crippen molar-refractivity contribution in [1.82, 2.24) is 9.78 Å². The van der Waals surface area contributed by atoms with Crippen molar-refractivity contribution in [2.45, 2.75) is 5.54 Å². The molecule has 4 aromatic carbocycles. The zero-order chi connectivity index (χ0) is 22.8. The van der Waals surface area contributed by atoms with Gasteiger partial charge in [-0.05, 0) is 50.8 Å². The summed E-state index contributed by atoms with van der Waals surface area (Å²) in [5.41, 5.74) is 3.69. The zero-order valence-electron chi connectivity index (χ0n) is 18.0. The first-order valence-electron chi connectivity index (χ1n) is 10.6. The highest BCUT2D eigenvalue weighted by atomic mass is 79.9. The Kier molecular flexibility index (Phi) is 5.56. The van der Waals surface area contributed by atoms with Gasteiger partial charge in [-0.15, -0.1) is 0 Å². The lowest BCUT2D eigenvalue weighted by Crippen LogP contribution is -2.38. The molecule has 5 aromatic rings. The van der Waals surface area contributed by atoms with E-state index < -0.39 is 5.54 Å². The number of nitrogens with zero attached hydrogens (tertiary/aromatic N) is 2. The Morgan fingerprint density at radius 1 is 0.788 bits per heavy atom. The third-order valence-corrected chi connectivity index (χ3v) is 6.54. The van der Waals surface area contributed by atoms with Crippen molar-refractivity contribution in [3.8, 4) is 0 Å². The Hall–Kier alpha value is -3.70. The lowest BCUT2D eigenvalue weighted by atomic mass is 9.77. The number of carbonyl (C=O) groups excluding carboxylic acids is 1. The van der Waals surface area contributed by atoms with Crippen molar-refractivity contribution in [3.05, 3.63) is 136 Å². The molecule has 1 aromatic heterocycles. The maximum atomic E-state index is 12.4. The molecule has 0 fully saturated rings. The van der Waals surface area contributed by atoms with Crippen LogP contribution >= 0.6 is 15.9 Å². The average Bonchev–Trinajstić information content (AvgIpc) is 3.22. The molecule has 5 heteroatoms. The third kappa shape index (κ3) is 3.45. The van der Waals surface area contributed by atoms with Crippen LogP contribution < -0.4 is 0 Å². The van der Waals surface area contributed by atoms with Gasteiger partial charge in [0.25, 0.3) is 0 Å². The first-order chi connectivity index (χ1) is 16.2. The predicted octanol–water partition coefficient (Wildman–Crippen LogP) is 6.43. The summed E-state index contributed by atoms with van der Waals surface area (Å²) in [5.74, 6) is -0.384. The molecule has 0 N–H and O–H groups in total. The second-order valence-electron chi connectivity index (χ2n) is 7.73. The second kappa shape index (κ2) is 8.68. The van der Waals surface area contributed by atoms with Gasteiger partial charge < -0.3 is 4.74 Å². The van der Waals surface area contributed by atoms with Crippen LogP contribution in [-0.2, 0) is 10.3 Å². The zero-order valence-corrected chi connectivity index (χ0v) is 19.6. The van der Waals surface area contributed by atoms with Gasteiger partial charge in [0.1, 0.15) is 10.1 Å². The number of aromatic nitrogens is 2. The van der Waals surface area contributed by atoms with Gasteiger partial charge in [0.05, 0.1) is 18.2 Å². The highest BCUT2D eigenvalue weighted by molar-refractivity contribution is 9.10. The van der Waals surface area contributed by atoms with E-state index in [-0.39, 0.29) is 5.97 Å². The van der Waals surface area contributed by atoms with Gasteiger partial charge in [-0.3, -0.25) is 0 Å². The molecule has 0 amide bonds. The van der Waals surface area contributed by atoms with Crippen LogP contribution in [0.4, 0.5) is 0 Å². The van der Waals surface area contributed by atoms with E-state index in [1.54, 1.807) is 6.07 Å². The summed E-state index contributed by atoms with van der Waals surface area (Å²) < 4.78 is 7.71. The number of esters is 1. The normalized spacial score (nSPS) is 11.5. The molecule has 0 radical (unpaired) electrons. The number of hydrogen-bond donors (Lipinski definition) is 0. The minimum atomic E-state index is -0.775. The van der Waals surface area contributed by atoms with Crippen molar-refractivity contribution in [2.75, 3.05) is 7.11 Å². The van der Waals surface area contributed by atoms with E-state index in [1.165, 1.54) is 7.11 Å². The lowest BCUT2D eigenvalue weighted by Gasteiger charge is -2.37. The van der Waals surface area contributed by atoms with Crippen molar-refractivity contribution in [2.24, 2.45) is 0 Å². The number of benzene rings is 4. The quantitative estimate of drug-likeness (QED) is 0.208. The number of ether oxygens (including phenoxy) is 1. The van der Waals surface area contributed by atoms with Gasteiger partial charge in [-0.1, -0.05) is 91.0 Å². The van der Waals surface area contributed by atoms with Crippen molar-refractivity contribution >= 4 is 32.8 Å². The van der Waals surface area contributed by atoms with E-state index in [1.807, 2.05) is 71.4 Å². The summed E-state index contributed by atoms with van der Waals surface area (Å²) >= 11 is 3.66. The molecule has 33 heavy (non-hydrogen) atoms. The van der Waals surface area contributed by atoms with Gasteiger partial charge >= 0.3 is 5.97 Å². The molecule has 0 spiro atoms. The van der Waals surface area contributed by atoms with Crippen molar-refractivity contribution < 1.29 is 9.53 Å². The molecule has 0 unspecified atom stereocenters. The van der Waals surface area contributed by atoms with E-state index in [2.05, 4.69) is 52.3 Å². The van der Waals surface area contributed by atoms with Gasteiger partial charge in [0.15, 0.2) is 0 Å². The number of hydrogen-bond acceptors (Lipinski definition) is 3. The Balaban J connectivity index is 1.96. The fourth-order valence-electron chi connectivity index (χ4n) is 4.48. The minimum Gasteiger partial charge on any atom is -0.465 e. The number of rotatable bonds is 5. The average molecular weight is 497 g/mol. The molecule has 0 atom stereocenters. The van der Waals surface area contributed by atoms with Crippen LogP contribution in [0.25, 0.3) is 10.9 Å². The lowest BCUT2D eigenvalue weighted by molar-refractivity contribution is 0.0601. The Morgan fingerprint density at radius 3 is 1.73 bits per heavy atom. The monoisotopic (exact) mass is 496 g/mol. The molecule has 5 rings (SSSR count). The van der Waals surface area contributed by atoms with Crippen molar-refractivity contribution in [1.29, 1.82) is 0 Å². The molecule has 1 heterocycles. The number of carbonyl (C=O) groups is 1. The van der Waals surface area contributed by atoms with Crippen LogP contribution in [0.3, 0.4) is 0 Å². The Morgan fingerprint density at radius 2 is 1.27 bits per heavy atom. The molecular weight excluding hydrogens is 476 g/mol. The highest BCUT2D eigenvalue weighted by Gasteiger charge is 2.40. The van der Waals surface area contributed by atoms with Crippen LogP contribution in [0.1, 0.15) is 27.0 Å². The number of halogens is 1. The van der Waals surface area contributed by atoms with Gasteiger partial charge in [0, 0.05) is 5.39 Å².